The molecule has 1 heterocycles. The number of hydrogen-bond acceptors (Lipinski definition) is 4. The summed E-state index contributed by atoms with van der Waals surface area (Å²) in [4.78, 5) is 36.8. The van der Waals surface area contributed by atoms with Gasteiger partial charge in [-0.05, 0) is 19.8 Å². The molecule has 0 aromatic rings. The molecule has 2 N–H and O–H groups in total. The van der Waals surface area contributed by atoms with Crippen molar-refractivity contribution in [2.75, 3.05) is 26.2 Å². The standard InChI is InChI=1S/C15H27N3O4/c1-10(2)9-22-15(21)17-6-5-16-14(20)12-7-13(19)18(8-12)11(3)4/h10-12H,5-9H2,1-4H3,(H,16,20)(H,17,21). The molecule has 0 aromatic carbocycles. The van der Waals surface area contributed by atoms with Crippen molar-refractivity contribution in [1.29, 1.82) is 0 Å². The summed E-state index contributed by atoms with van der Waals surface area (Å²) in [5.74, 6) is -0.142. The van der Waals surface area contributed by atoms with Crippen LogP contribution in [0.3, 0.4) is 0 Å². The predicted molar refractivity (Wildman–Crippen MR) is 82.2 cm³/mol. The van der Waals surface area contributed by atoms with Gasteiger partial charge in [-0.3, -0.25) is 9.59 Å². The molecule has 1 aliphatic heterocycles. The predicted octanol–water partition coefficient (Wildman–Crippen LogP) is 0.742. The summed E-state index contributed by atoms with van der Waals surface area (Å²) in [6.07, 6.45) is -0.224. The van der Waals surface area contributed by atoms with Crippen LogP contribution in [-0.4, -0.2) is 55.1 Å². The maximum atomic E-state index is 12.0. The maximum Gasteiger partial charge on any atom is 0.407 e. The molecule has 1 aliphatic rings. The first-order chi connectivity index (χ1) is 10.3. The Balaban J connectivity index is 2.19. The quantitative estimate of drug-likeness (QED) is 0.679. The lowest BCUT2D eigenvalue weighted by molar-refractivity contribution is -0.129. The summed E-state index contributed by atoms with van der Waals surface area (Å²) >= 11 is 0. The van der Waals surface area contributed by atoms with Gasteiger partial charge in [0.25, 0.3) is 0 Å². The molecule has 1 atom stereocenters. The van der Waals surface area contributed by atoms with Crippen molar-refractivity contribution in [2.24, 2.45) is 11.8 Å². The third kappa shape index (κ3) is 5.91. The van der Waals surface area contributed by atoms with E-state index in [9.17, 15) is 14.4 Å². The summed E-state index contributed by atoms with van der Waals surface area (Å²) in [7, 11) is 0. The number of carbonyl (C=O) groups excluding carboxylic acids is 3. The lowest BCUT2D eigenvalue weighted by Crippen LogP contribution is -2.39. The molecular weight excluding hydrogens is 286 g/mol. The van der Waals surface area contributed by atoms with Crippen molar-refractivity contribution in [2.45, 2.75) is 40.2 Å². The molecule has 22 heavy (non-hydrogen) atoms. The van der Waals surface area contributed by atoms with Gasteiger partial charge in [-0.2, -0.15) is 0 Å². The Kier molecular flexibility index (Phi) is 7.14. The fourth-order valence-corrected chi connectivity index (χ4v) is 2.19. The van der Waals surface area contributed by atoms with Gasteiger partial charge in [-0.25, -0.2) is 4.79 Å². The Morgan fingerprint density at radius 2 is 1.86 bits per heavy atom. The van der Waals surface area contributed by atoms with Gasteiger partial charge >= 0.3 is 6.09 Å². The van der Waals surface area contributed by atoms with E-state index in [0.717, 1.165) is 0 Å². The minimum Gasteiger partial charge on any atom is -0.449 e. The zero-order valence-electron chi connectivity index (χ0n) is 13.8. The van der Waals surface area contributed by atoms with Gasteiger partial charge in [0.05, 0.1) is 12.5 Å². The van der Waals surface area contributed by atoms with Gasteiger partial charge < -0.3 is 20.3 Å². The minimum absolute atomic E-state index is 0.0190. The van der Waals surface area contributed by atoms with E-state index >= 15 is 0 Å². The first-order valence-electron chi connectivity index (χ1n) is 7.79. The molecule has 7 nitrogen and oxygen atoms in total. The molecule has 1 saturated heterocycles. The van der Waals surface area contributed by atoms with E-state index in [0.29, 0.717) is 26.2 Å². The maximum absolute atomic E-state index is 12.0. The molecule has 0 saturated carbocycles. The van der Waals surface area contributed by atoms with Crippen LogP contribution in [0.2, 0.25) is 0 Å². The lowest BCUT2D eigenvalue weighted by Gasteiger charge is -2.20. The van der Waals surface area contributed by atoms with Crippen molar-refractivity contribution >= 4 is 17.9 Å². The zero-order chi connectivity index (χ0) is 16.7. The molecule has 3 amide bonds. The van der Waals surface area contributed by atoms with E-state index < -0.39 is 6.09 Å². The van der Waals surface area contributed by atoms with Crippen molar-refractivity contribution in [3.63, 3.8) is 0 Å². The number of alkyl carbamates (subject to hydrolysis) is 1. The number of hydrogen-bond donors (Lipinski definition) is 2. The summed E-state index contributed by atoms with van der Waals surface area (Å²) in [6, 6.07) is 0.114. The Hall–Kier alpha value is -1.79. The van der Waals surface area contributed by atoms with Crippen molar-refractivity contribution in [3.8, 4) is 0 Å². The average Bonchev–Trinajstić information content (AvgIpc) is 2.83. The van der Waals surface area contributed by atoms with Crippen molar-refractivity contribution < 1.29 is 19.1 Å². The summed E-state index contributed by atoms with van der Waals surface area (Å²) in [5, 5.41) is 5.30. The number of nitrogens with one attached hydrogen (secondary N) is 2. The number of amides is 3. The van der Waals surface area contributed by atoms with E-state index in [-0.39, 0.29) is 36.1 Å². The van der Waals surface area contributed by atoms with Crippen LogP contribution in [0.25, 0.3) is 0 Å². The highest BCUT2D eigenvalue weighted by Gasteiger charge is 2.35. The fraction of sp³-hybridized carbons (Fsp3) is 0.800. The Bertz CT molecular complexity index is 410. The second-order valence-electron chi connectivity index (χ2n) is 6.25. The number of nitrogens with zero attached hydrogens (tertiary/aromatic N) is 1. The molecule has 126 valence electrons. The van der Waals surface area contributed by atoms with E-state index in [2.05, 4.69) is 10.6 Å². The van der Waals surface area contributed by atoms with E-state index in [1.165, 1.54) is 0 Å². The van der Waals surface area contributed by atoms with Crippen LogP contribution in [0.4, 0.5) is 4.79 Å². The molecule has 1 fully saturated rings. The molecule has 0 aromatic heterocycles. The summed E-state index contributed by atoms with van der Waals surface area (Å²) in [5.41, 5.74) is 0. The van der Waals surface area contributed by atoms with Crippen LogP contribution in [0.5, 0.6) is 0 Å². The Labute approximate surface area is 131 Å². The highest BCUT2D eigenvalue weighted by molar-refractivity contribution is 5.89. The zero-order valence-corrected chi connectivity index (χ0v) is 13.8. The Morgan fingerprint density at radius 1 is 1.23 bits per heavy atom. The normalized spacial score (nSPS) is 18.0. The second kappa shape index (κ2) is 8.60. The molecule has 1 rings (SSSR count). The number of carbonyl (C=O) groups is 3. The first-order valence-corrected chi connectivity index (χ1v) is 7.79. The van der Waals surface area contributed by atoms with Crippen LogP contribution in [-0.2, 0) is 14.3 Å². The largest absolute Gasteiger partial charge is 0.449 e. The van der Waals surface area contributed by atoms with E-state index in [1.807, 2.05) is 27.7 Å². The van der Waals surface area contributed by atoms with Crippen LogP contribution in [0, 0.1) is 11.8 Å². The fourth-order valence-electron chi connectivity index (χ4n) is 2.19. The van der Waals surface area contributed by atoms with Gasteiger partial charge in [0.1, 0.15) is 0 Å². The van der Waals surface area contributed by atoms with Gasteiger partial charge in [0.2, 0.25) is 11.8 Å². The Morgan fingerprint density at radius 3 is 2.41 bits per heavy atom. The smallest absolute Gasteiger partial charge is 0.407 e. The van der Waals surface area contributed by atoms with Gasteiger partial charge in [0.15, 0.2) is 0 Å². The molecule has 1 unspecified atom stereocenters. The molecule has 0 bridgehead atoms. The lowest BCUT2D eigenvalue weighted by atomic mass is 10.1. The molecule has 0 spiro atoms. The average molecular weight is 313 g/mol. The molecule has 0 radical (unpaired) electrons. The van der Waals surface area contributed by atoms with Gasteiger partial charge in [-0.15, -0.1) is 0 Å². The third-order valence-corrected chi connectivity index (χ3v) is 3.39. The number of likely N-dealkylation sites (tertiary alicyclic amines) is 1. The number of ether oxygens (including phenoxy) is 1. The van der Waals surface area contributed by atoms with E-state index in [1.54, 1.807) is 4.90 Å². The van der Waals surface area contributed by atoms with Gasteiger partial charge in [-0.1, -0.05) is 13.8 Å². The SMILES string of the molecule is CC(C)COC(=O)NCCNC(=O)C1CC(=O)N(C(C)C)C1. The van der Waals surface area contributed by atoms with Crippen LogP contribution in [0.1, 0.15) is 34.1 Å². The molecule has 7 heteroatoms. The van der Waals surface area contributed by atoms with E-state index in [4.69, 9.17) is 4.74 Å². The number of rotatable bonds is 7. The van der Waals surface area contributed by atoms with Crippen molar-refractivity contribution in [1.82, 2.24) is 15.5 Å². The second-order valence-corrected chi connectivity index (χ2v) is 6.25. The third-order valence-electron chi connectivity index (χ3n) is 3.39. The summed E-state index contributed by atoms with van der Waals surface area (Å²) < 4.78 is 4.95. The summed E-state index contributed by atoms with van der Waals surface area (Å²) in [6.45, 7) is 9.24. The minimum atomic E-state index is -0.482. The van der Waals surface area contributed by atoms with Crippen LogP contribution in [0.15, 0.2) is 0 Å². The molecular formula is C15H27N3O4. The van der Waals surface area contributed by atoms with Crippen molar-refractivity contribution in [3.05, 3.63) is 0 Å². The molecule has 0 aliphatic carbocycles. The van der Waals surface area contributed by atoms with Gasteiger partial charge in [0, 0.05) is 32.1 Å². The highest BCUT2D eigenvalue weighted by Crippen LogP contribution is 2.19. The van der Waals surface area contributed by atoms with Crippen LogP contribution < -0.4 is 10.6 Å². The van der Waals surface area contributed by atoms with Crippen LogP contribution >= 0.6 is 0 Å². The topological polar surface area (TPSA) is 87.7 Å². The highest BCUT2D eigenvalue weighted by atomic mass is 16.5. The monoisotopic (exact) mass is 313 g/mol. The first kappa shape index (κ1) is 18.3.